The number of anilines is 1. The lowest BCUT2D eigenvalue weighted by Crippen LogP contribution is -2.27. The van der Waals surface area contributed by atoms with Gasteiger partial charge in [0.1, 0.15) is 17.1 Å². The molecule has 1 N–H and O–H groups in total. The highest BCUT2D eigenvalue weighted by Gasteiger charge is 2.16. The quantitative estimate of drug-likeness (QED) is 0.408. The van der Waals surface area contributed by atoms with Gasteiger partial charge >= 0.3 is 6.09 Å². The first kappa shape index (κ1) is 23.6. The average molecular weight is 400 g/mol. The highest BCUT2D eigenvalue weighted by molar-refractivity contribution is 6.48. The third kappa shape index (κ3) is 9.37. The Kier molecular flexibility index (Phi) is 8.79. The Morgan fingerprint density at radius 2 is 1.93 bits per heavy atom. The van der Waals surface area contributed by atoms with Gasteiger partial charge in [-0.05, 0) is 39.6 Å². The van der Waals surface area contributed by atoms with E-state index in [2.05, 4.69) is 22.0 Å². The smallest absolute Gasteiger partial charge is 0.412 e. The van der Waals surface area contributed by atoms with E-state index in [4.69, 9.17) is 9.47 Å². The normalized spacial score (nSPS) is 12.5. The number of carbonyl (C=O) groups is 2. The Balaban J connectivity index is 2.94. The molecule has 0 bridgehead atoms. The van der Waals surface area contributed by atoms with Crippen LogP contribution >= 0.6 is 0 Å². The number of ether oxygens (including phenoxy) is 2. The van der Waals surface area contributed by atoms with Crippen molar-refractivity contribution in [1.29, 1.82) is 0 Å². The summed E-state index contributed by atoms with van der Waals surface area (Å²) in [5.74, 6) is 0.182. The summed E-state index contributed by atoms with van der Waals surface area (Å²) in [5.41, 5.74) is 0.0349. The van der Waals surface area contributed by atoms with Crippen LogP contribution < -0.4 is 10.1 Å². The maximum absolute atomic E-state index is 12.2. The third-order valence-electron chi connectivity index (χ3n) is 3.14. The van der Waals surface area contributed by atoms with Gasteiger partial charge in [0, 0.05) is 51.2 Å². The van der Waals surface area contributed by atoms with Gasteiger partial charge in [-0.2, -0.15) is 0 Å². The molecule has 29 heavy (non-hydrogen) atoms. The molecule has 156 valence electrons. The molecule has 8 nitrogen and oxygen atoms in total. The minimum absolute atomic E-state index is 0.0895. The first-order valence-corrected chi connectivity index (χ1v) is 8.86. The zero-order chi connectivity index (χ0) is 22.0. The lowest BCUT2D eigenvalue weighted by Gasteiger charge is -2.19. The molecule has 0 heterocycles. The fourth-order valence-corrected chi connectivity index (χ4v) is 1.95. The van der Waals surface area contributed by atoms with Crippen LogP contribution in [-0.2, 0) is 9.53 Å². The number of allylic oxidation sites excluding steroid dienone is 2. The van der Waals surface area contributed by atoms with E-state index in [1.807, 2.05) is 0 Å². The minimum Gasteiger partial charge on any atom is -0.444 e. The number of aliphatic imine (C=N–C) groups is 2. The summed E-state index contributed by atoms with van der Waals surface area (Å²) in [6, 6.07) is 6.66. The number of amides is 1. The molecule has 1 aromatic carbocycles. The van der Waals surface area contributed by atoms with Gasteiger partial charge in [-0.25, -0.2) is 9.79 Å². The molecule has 0 aliphatic rings. The summed E-state index contributed by atoms with van der Waals surface area (Å²) in [5, 5.41) is 2.63. The molecule has 0 aliphatic carbocycles. The molecule has 0 spiro atoms. The standard InChI is InChI=1S/C21H28N4O4/c1-21(2,3)29-20(27)24-15-9-8-10-16(13-15)28-19(23-5)14-17(22-4)18(26)11-12-25(6)7/h8-14H,5H2,1-4,6-7H3,(H,24,27)/b12-11+,19-14+,22-17?. The van der Waals surface area contributed by atoms with Crippen LogP contribution in [0.25, 0.3) is 0 Å². The summed E-state index contributed by atoms with van der Waals surface area (Å²) in [6.45, 7) is 8.80. The van der Waals surface area contributed by atoms with Crippen LogP contribution in [-0.4, -0.2) is 55.9 Å². The average Bonchev–Trinajstić information content (AvgIpc) is 2.61. The Hall–Kier alpha value is -3.42. The Morgan fingerprint density at radius 1 is 1.24 bits per heavy atom. The molecule has 8 heteroatoms. The van der Waals surface area contributed by atoms with Crippen molar-refractivity contribution in [1.82, 2.24) is 4.90 Å². The third-order valence-corrected chi connectivity index (χ3v) is 3.14. The number of ketones is 1. The highest BCUT2D eigenvalue weighted by atomic mass is 16.6. The Labute approximate surface area is 171 Å². The van der Waals surface area contributed by atoms with Gasteiger partial charge in [-0.3, -0.25) is 15.1 Å². The lowest BCUT2D eigenvalue weighted by atomic mass is 10.2. The van der Waals surface area contributed by atoms with Gasteiger partial charge in [0.2, 0.25) is 11.7 Å². The summed E-state index contributed by atoms with van der Waals surface area (Å²) in [6.07, 6.45) is 3.83. The van der Waals surface area contributed by atoms with Gasteiger partial charge in [-0.15, -0.1) is 0 Å². The second kappa shape index (κ2) is 10.8. The summed E-state index contributed by atoms with van der Waals surface area (Å²) in [7, 11) is 5.11. The van der Waals surface area contributed by atoms with Crippen molar-refractivity contribution in [3.63, 3.8) is 0 Å². The zero-order valence-corrected chi connectivity index (χ0v) is 17.7. The zero-order valence-electron chi connectivity index (χ0n) is 17.7. The first-order chi connectivity index (χ1) is 13.5. The van der Waals surface area contributed by atoms with Gasteiger partial charge in [0.15, 0.2) is 0 Å². The van der Waals surface area contributed by atoms with Crippen molar-refractivity contribution in [3.05, 3.63) is 48.5 Å². The monoisotopic (exact) mass is 400 g/mol. The molecule has 0 aromatic heterocycles. The van der Waals surface area contributed by atoms with E-state index in [9.17, 15) is 9.59 Å². The second-order valence-corrected chi connectivity index (χ2v) is 7.15. The van der Waals surface area contributed by atoms with Crippen molar-refractivity contribution < 1.29 is 19.1 Å². The molecular weight excluding hydrogens is 372 g/mol. The SMILES string of the molecule is C=N/C(=C\C(=NC)C(=O)/C=C/N(C)C)Oc1cccc(NC(=O)OC(C)(C)C)c1. The molecule has 1 aromatic rings. The lowest BCUT2D eigenvalue weighted by molar-refractivity contribution is -0.108. The van der Waals surface area contributed by atoms with E-state index in [0.29, 0.717) is 11.4 Å². The van der Waals surface area contributed by atoms with Crippen molar-refractivity contribution >= 4 is 30.0 Å². The van der Waals surface area contributed by atoms with E-state index in [1.165, 1.54) is 19.2 Å². The van der Waals surface area contributed by atoms with E-state index in [1.54, 1.807) is 70.2 Å². The predicted molar refractivity (Wildman–Crippen MR) is 116 cm³/mol. The maximum atomic E-state index is 12.2. The molecule has 0 unspecified atom stereocenters. The topological polar surface area (TPSA) is 92.6 Å². The Morgan fingerprint density at radius 3 is 2.48 bits per heavy atom. The largest absolute Gasteiger partial charge is 0.444 e. The number of nitrogens with one attached hydrogen (secondary N) is 1. The summed E-state index contributed by atoms with van der Waals surface area (Å²) < 4.78 is 10.9. The Bertz CT molecular complexity index is 833. The van der Waals surface area contributed by atoms with Crippen LogP contribution in [0.5, 0.6) is 5.75 Å². The number of benzene rings is 1. The molecular formula is C21H28N4O4. The molecule has 0 aliphatic heterocycles. The summed E-state index contributed by atoms with van der Waals surface area (Å²) in [4.78, 5) is 33.6. The van der Waals surface area contributed by atoms with E-state index in [-0.39, 0.29) is 17.4 Å². The minimum atomic E-state index is -0.607. The number of rotatable bonds is 8. The summed E-state index contributed by atoms with van der Waals surface area (Å²) >= 11 is 0. The molecule has 0 saturated heterocycles. The molecule has 0 atom stereocenters. The highest BCUT2D eigenvalue weighted by Crippen LogP contribution is 2.21. The van der Waals surface area contributed by atoms with Gasteiger partial charge < -0.3 is 14.4 Å². The first-order valence-electron chi connectivity index (χ1n) is 8.86. The molecule has 1 rings (SSSR count). The molecule has 0 fully saturated rings. The van der Waals surface area contributed by atoms with Crippen molar-refractivity contribution in [2.45, 2.75) is 26.4 Å². The van der Waals surface area contributed by atoms with Gasteiger partial charge in [-0.1, -0.05) is 6.07 Å². The van der Waals surface area contributed by atoms with E-state index < -0.39 is 11.7 Å². The second-order valence-electron chi connectivity index (χ2n) is 7.15. The van der Waals surface area contributed by atoms with Crippen LogP contribution in [0.2, 0.25) is 0 Å². The van der Waals surface area contributed by atoms with Crippen LogP contribution in [0.15, 0.2) is 58.5 Å². The van der Waals surface area contributed by atoms with E-state index in [0.717, 1.165) is 0 Å². The van der Waals surface area contributed by atoms with Crippen LogP contribution in [0.4, 0.5) is 10.5 Å². The van der Waals surface area contributed by atoms with Crippen molar-refractivity contribution in [2.75, 3.05) is 26.5 Å². The number of hydrogen-bond acceptors (Lipinski definition) is 7. The van der Waals surface area contributed by atoms with E-state index >= 15 is 0 Å². The fraction of sp³-hybridized carbons (Fsp3) is 0.333. The molecule has 0 saturated carbocycles. The van der Waals surface area contributed by atoms with Gasteiger partial charge in [0.25, 0.3) is 0 Å². The number of carbonyl (C=O) groups excluding carboxylic acids is 2. The van der Waals surface area contributed by atoms with Gasteiger partial charge in [0.05, 0.1) is 0 Å². The van der Waals surface area contributed by atoms with Crippen LogP contribution in [0.3, 0.4) is 0 Å². The fourth-order valence-electron chi connectivity index (χ4n) is 1.95. The van der Waals surface area contributed by atoms with Crippen LogP contribution in [0.1, 0.15) is 20.8 Å². The predicted octanol–water partition coefficient (Wildman–Crippen LogP) is 3.67. The van der Waals surface area contributed by atoms with Crippen molar-refractivity contribution in [2.24, 2.45) is 9.98 Å². The number of nitrogens with zero attached hydrogens (tertiary/aromatic N) is 3. The van der Waals surface area contributed by atoms with Crippen LogP contribution in [0, 0.1) is 0 Å². The van der Waals surface area contributed by atoms with Crippen molar-refractivity contribution in [3.8, 4) is 5.75 Å². The number of hydrogen-bond donors (Lipinski definition) is 1. The molecule has 0 radical (unpaired) electrons. The molecule has 1 amide bonds. The maximum Gasteiger partial charge on any atom is 0.412 e.